The third-order valence-corrected chi connectivity index (χ3v) is 2.85. The van der Waals surface area contributed by atoms with Gasteiger partial charge in [0, 0.05) is 19.5 Å². The van der Waals surface area contributed by atoms with Gasteiger partial charge in [0.05, 0.1) is 0 Å². The molecule has 0 aromatic heterocycles. The van der Waals surface area contributed by atoms with Crippen LogP contribution in [0, 0.1) is 0 Å². The van der Waals surface area contributed by atoms with E-state index in [0.717, 1.165) is 12.0 Å². The quantitative estimate of drug-likeness (QED) is 0.844. The molecule has 1 aliphatic heterocycles. The summed E-state index contributed by atoms with van der Waals surface area (Å²) in [5.41, 5.74) is 0.773. The zero-order valence-corrected chi connectivity index (χ0v) is 10.2. The van der Waals surface area contributed by atoms with Crippen LogP contribution in [0.3, 0.4) is 0 Å². The average Bonchev–Trinajstić information content (AvgIpc) is 2.72. The second-order valence-corrected chi connectivity index (χ2v) is 4.47. The lowest BCUT2D eigenvalue weighted by Gasteiger charge is -2.16. The fraction of sp³-hybridized carbons (Fsp3) is 0.462. The van der Waals surface area contributed by atoms with Crippen LogP contribution in [0.15, 0.2) is 24.3 Å². The van der Waals surface area contributed by atoms with E-state index in [1.807, 2.05) is 0 Å². The van der Waals surface area contributed by atoms with Gasteiger partial charge < -0.3 is 9.64 Å². The molecule has 1 saturated heterocycles. The number of nitrogens with zero attached hydrogens (tertiary/aromatic N) is 1. The van der Waals surface area contributed by atoms with Crippen molar-refractivity contribution in [3.05, 3.63) is 29.8 Å². The third-order valence-electron chi connectivity index (χ3n) is 2.85. The molecule has 1 aromatic carbocycles. The minimum absolute atomic E-state index is 0.0848. The Kier molecular flexibility index (Phi) is 3.97. The molecule has 1 aromatic rings. The number of amides is 1. The van der Waals surface area contributed by atoms with Crippen LogP contribution in [-0.4, -0.2) is 30.1 Å². The van der Waals surface area contributed by atoms with Gasteiger partial charge in [-0.15, -0.1) is 0 Å². The van der Waals surface area contributed by atoms with E-state index in [1.165, 1.54) is 12.1 Å². The van der Waals surface area contributed by atoms with Gasteiger partial charge >= 0.3 is 6.18 Å². The van der Waals surface area contributed by atoms with Gasteiger partial charge in [0.25, 0.3) is 0 Å². The molecule has 0 atom stereocenters. The summed E-state index contributed by atoms with van der Waals surface area (Å²) < 4.78 is 40.8. The molecule has 0 N–H and O–H groups in total. The molecule has 2 rings (SSSR count). The van der Waals surface area contributed by atoms with E-state index >= 15 is 0 Å². The van der Waals surface area contributed by atoms with Crippen LogP contribution < -0.4 is 4.74 Å². The van der Waals surface area contributed by atoms with E-state index in [0.29, 0.717) is 19.5 Å². The summed E-state index contributed by atoms with van der Waals surface area (Å²) in [7, 11) is 0. The van der Waals surface area contributed by atoms with Gasteiger partial charge in [-0.25, -0.2) is 0 Å². The Morgan fingerprint density at radius 1 is 1.32 bits per heavy atom. The lowest BCUT2D eigenvalue weighted by atomic mass is 10.2. The van der Waals surface area contributed by atoms with Gasteiger partial charge in [0.2, 0.25) is 5.91 Å². The summed E-state index contributed by atoms with van der Waals surface area (Å²) in [5, 5.41) is 0. The SMILES string of the molecule is O=C1CCCN1Cc1cccc(OCC(F)(F)F)c1. The molecular formula is C13H14F3NO2. The number of carbonyl (C=O) groups excluding carboxylic acids is 1. The Labute approximate surface area is 109 Å². The molecule has 0 bridgehead atoms. The average molecular weight is 273 g/mol. The second-order valence-electron chi connectivity index (χ2n) is 4.47. The fourth-order valence-electron chi connectivity index (χ4n) is 1.99. The van der Waals surface area contributed by atoms with Crippen molar-refractivity contribution in [1.29, 1.82) is 0 Å². The Balaban J connectivity index is 1.97. The van der Waals surface area contributed by atoms with Crippen molar-refractivity contribution < 1.29 is 22.7 Å². The van der Waals surface area contributed by atoms with Crippen molar-refractivity contribution in [3.8, 4) is 5.75 Å². The van der Waals surface area contributed by atoms with Gasteiger partial charge in [-0.2, -0.15) is 13.2 Å². The van der Waals surface area contributed by atoms with E-state index < -0.39 is 12.8 Å². The third kappa shape index (κ3) is 4.15. The summed E-state index contributed by atoms with van der Waals surface area (Å²) in [6, 6.07) is 6.41. The van der Waals surface area contributed by atoms with E-state index in [2.05, 4.69) is 4.74 Å². The van der Waals surface area contributed by atoms with Gasteiger partial charge in [-0.3, -0.25) is 4.79 Å². The van der Waals surface area contributed by atoms with Crippen LogP contribution in [0.1, 0.15) is 18.4 Å². The van der Waals surface area contributed by atoms with Crippen LogP contribution in [0.5, 0.6) is 5.75 Å². The molecule has 1 amide bonds. The molecule has 0 unspecified atom stereocenters. The number of hydrogen-bond donors (Lipinski definition) is 0. The highest BCUT2D eigenvalue weighted by molar-refractivity contribution is 5.78. The maximum absolute atomic E-state index is 12.0. The van der Waals surface area contributed by atoms with Crippen molar-refractivity contribution in [3.63, 3.8) is 0 Å². The molecule has 1 heterocycles. The number of rotatable bonds is 4. The van der Waals surface area contributed by atoms with Crippen LogP contribution >= 0.6 is 0 Å². The zero-order chi connectivity index (χ0) is 13.9. The van der Waals surface area contributed by atoms with Crippen molar-refractivity contribution in [2.45, 2.75) is 25.6 Å². The highest BCUT2D eigenvalue weighted by atomic mass is 19.4. The Morgan fingerprint density at radius 2 is 2.11 bits per heavy atom. The predicted octanol–water partition coefficient (Wildman–Crippen LogP) is 2.75. The molecular weight excluding hydrogens is 259 g/mol. The monoisotopic (exact) mass is 273 g/mol. The first-order valence-electron chi connectivity index (χ1n) is 6.00. The topological polar surface area (TPSA) is 29.5 Å². The highest BCUT2D eigenvalue weighted by Gasteiger charge is 2.28. The summed E-state index contributed by atoms with van der Waals surface area (Å²) in [4.78, 5) is 13.2. The molecule has 6 heteroatoms. The van der Waals surface area contributed by atoms with Crippen LogP contribution in [0.2, 0.25) is 0 Å². The zero-order valence-electron chi connectivity index (χ0n) is 10.2. The first-order chi connectivity index (χ1) is 8.94. The minimum Gasteiger partial charge on any atom is -0.484 e. The van der Waals surface area contributed by atoms with Gasteiger partial charge in [0.1, 0.15) is 5.75 Å². The smallest absolute Gasteiger partial charge is 0.422 e. The molecule has 19 heavy (non-hydrogen) atoms. The van der Waals surface area contributed by atoms with Crippen molar-refractivity contribution >= 4 is 5.91 Å². The van der Waals surface area contributed by atoms with Gasteiger partial charge in [0.15, 0.2) is 6.61 Å². The van der Waals surface area contributed by atoms with Gasteiger partial charge in [-0.1, -0.05) is 12.1 Å². The van der Waals surface area contributed by atoms with E-state index in [4.69, 9.17) is 0 Å². The molecule has 3 nitrogen and oxygen atoms in total. The highest BCUT2D eigenvalue weighted by Crippen LogP contribution is 2.21. The normalized spacial score (nSPS) is 15.9. The number of hydrogen-bond acceptors (Lipinski definition) is 2. The number of alkyl halides is 3. The van der Waals surface area contributed by atoms with Crippen molar-refractivity contribution in [2.75, 3.05) is 13.2 Å². The number of halogens is 3. The lowest BCUT2D eigenvalue weighted by Crippen LogP contribution is -2.24. The molecule has 104 valence electrons. The molecule has 0 aliphatic carbocycles. The van der Waals surface area contributed by atoms with E-state index in [9.17, 15) is 18.0 Å². The Bertz CT molecular complexity index is 459. The van der Waals surface area contributed by atoms with Gasteiger partial charge in [-0.05, 0) is 24.1 Å². The van der Waals surface area contributed by atoms with Crippen molar-refractivity contribution in [1.82, 2.24) is 4.90 Å². The maximum atomic E-state index is 12.0. The van der Waals surface area contributed by atoms with E-state index in [-0.39, 0.29) is 11.7 Å². The summed E-state index contributed by atoms with van der Waals surface area (Å²) in [6.45, 7) is -0.187. The van der Waals surface area contributed by atoms with Crippen molar-refractivity contribution in [2.24, 2.45) is 0 Å². The summed E-state index contributed by atoms with van der Waals surface area (Å²) >= 11 is 0. The Hall–Kier alpha value is -1.72. The number of likely N-dealkylation sites (tertiary alicyclic amines) is 1. The molecule has 1 fully saturated rings. The predicted molar refractivity (Wildman–Crippen MR) is 62.6 cm³/mol. The Morgan fingerprint density at radius 3 is 2.74 bits per heavy atom. The molecule has 1 aliphatic rings. The summed E-state index contributed by atoms with van der Waals surface area (Å²) in [5.74, 6) is 0.253. The second kappa shape index (κ2) is 5.50. The molecule has 0 saturated carbocycles. The fourth-order valence-corrected chi connectivity index (χ4v) is 1.99. The maximum Gasteiger partial charge on any atom is 0.422 e. The largest absolute Gasteiger partial charge is 0.484 e. The molecule has 0 radical (unpaired) electrons. The standard InChI is InChI=1S/C13H14F3NO2/c14-13(15,16)9-19-11-4-1-3-10(7-11)8-17-6-2-5-12(17)18/h1,3-4,7H,2,5-6,8-9H2. The number of carbonyl (C=O) groups is 1. The van der Waals surface area contributed by atoms with Crippen LogP contribution in [-0.2, 0) is 11.3 Å². The number of benzene rings is 1. The lowest BCUT2D eigenvalue weighted by molar-refractivity contribution is -0.153. The van der Waals surface area contributed by atoms with Crippen LogP contribution in [0.4, 0.5) is 13.2 Å². The number of ether oxygens (including phenoxy) is 1. The van der Waals surface area contributed by atoms with Crippen LogP contribution in [0.25, 0.3) is 0 Å². The minimum atomic E-state index is -4.35. The molecule has 0 spiro atoms. The first kappa shape index (κ1) is 13.7. The van der Waals surface area contributed by atoms with E-state index in [1.54, 1.807) is 17.0 Å². The summed E-state index contributed by atoms with van der Waals surface area (Å²) in [6.07, 6.45) is -2.96. The first-order valence-corrected chi connectivity index (χ1v) is 6.00.